The average molecular weight is 307 g/mol. The van der Waals surface area contributed by atoms with Gasteiger partial charge in [-0.2, -0.15) is 17.7 Å². The molecule has 1 heterocycles. The second kappa shape index (κ2) is 39.7. The molecule has 1 atom stereocenters. The Labute approximate surface area is 112 Å². The largest absolute Gasteiger partial charge is 0.358 e. The number of rotatable bonds is 0. The third-order valence-electron chi connectivity index (χ3n) is 0.442. The van der Waals surface area contributed by atoms with Crippen LogP contribution in [-0.4, -0.2) is 0 Å². The fourth-order valence-electron chi connectivity index (χ4n) is 0.241. The molecule has 1 unspecified atom stereocenters. The van der Waals surface area contributed by atoms with E-state index >= 15 is 0 Å². The number of halogens is 2. The van der Waals surface area contributed by atoms with Gasteiger partial charge in [0.2, 0.25) is 0 Å². The minimum atomic E-state index is 0. The van der Waals surface area contributed by atoms with Crippen LogP contribution >= 0.6 is 33.0 Å². The van der Waals surface area contributed by atoms with Crippen molar-refractivity contribution in [2.45, 2.75) is 0 Å². The Balaban J connectivity index is -0.00000000714. The second-order valence-corrected chi connectivity index (χ2v) is 1.73. The van der Waals surface area contributed by atoms with Gasteiger partial charge in [0, 0.05) is 26.2 Å². The van der Waals surface area contributed by atoms with Gasteiger partial charge >= 0.3 is 0 Å². The van der Waals surface area contributed by atoms with E-state index in [-0.39, 0.29) is 80.7 Å². The standard InChI is InChI=1S/C4H4P.4CH3.2ClH.Zr/c1-2-4-5-3-1;;;;;;;/h1-3,5H;4*1H3;2*1H;/q5*-1;;;. The third-order valence-corrected chi connectivity index (χ3v) is 1.13. The van der Waals surface area contributed by atoms with Crippen molar-refractivity contribution in [3.05, 3.63) is 53.4 Å². The van der Waals surface area contributed by atoms with Crippen LogP contribution in [0.1, 0.15) is 0 Å². The molecular weight excluding hydrogens is 289 g/mol. The van der Waals surface area contributed by atoms with Crippen molar-refractivity contribution in [1.29, 1.82) is 0 Å². The van der Waals surface area contributed by atoms with Crippen LogP contribution in [0.5, 0.6) is 0 Å². The van der Waals surface area contributed by atoms with Crippen LogP contribution < -0.4 is 0 Å². The van der Waals surface area contributed by atoms with Gasteiger partial charge < -0.3 is 29.7 Å². The molecule has 1 rings (SSSR count). The normalized spacial score (nSPS) is 4.00. The van der Waals surface area contributed by atoms with E-state index in [0.717, 1.165) is 8.19 Å². The van der Waals surface area contributed by atoms with E-state index in [4.69, 9.17) is 0 Å². The maximum Gasteiger partial charge on any atom is 0 e. The van der Waals surface area contributed by atoms with E-state index in [1.165, 1.54) is 0 Å². The molecule has 4 heteroatoms. The zero-order valence-corrected chi connectivity index (χ0v) is 13.1. The first-order chi connectivity index (χ1) is 2.50. The summed E-state index contributed by atoms with van der Waals surface area (Å²) in [6.45, 7) is 0. The molecule has 1 aromatic rings. The molecule has 0 aliphatic carbocycles. The Hall–Kier alpha value is 1.24. The maximum atomic E-state index is 3.01. The van der Waals surface area contributed by atoms with Gasteiger partial charge in [-0.15, -0.1) is 24.8 Å². The molecule has 0 saturated carbocycles. The zero-order chi connectivity index (χ0) is 3.54. The Kier molecular flexibility index (Phi) is 169. The van der Waals surface area contributed by atoms with Crippen LogP contribution in [0.4, 0.5) is 0 Å². The predicted octanol–water partition coefficient (Wildman–Crippen LogP) is 4.16. The van der Waals surface area contributed by atoms with Crippen LogP contribution in [0.2, 0.25) is 0 Å². The summed E-state index contributed by atoms with van der Waals surface area (Å²) < 4.78 is 0. The molecule has 0 N–H and O–H groups in total. The zero-order valence-electron chi connectivity index (χ0n) is 8.05. The molecule has 78 valence electrons. The van der Waals surface area contributed by atoms with Gasteiger partial charge in [-0.05, 0) is 0 Å². The van der Waals surface area contributed by atoms with E-state index in [2.05, 4.69) is 11.6 Å². The van der Waals surface area contributed by atoms with Crippen LogP contribution in [0.15, 0.2) is 17.9 Å². The molecule has 0 amide bonds. The average Bonchev–Trinajstić information content (AvgIpc) is 1.76. The number of hydrogen-bond acceptors (Lipinski definition) is 0. The van der Waals surface area contributed by atoms with Crippen molar-refractivity contribution in [2.24, 2.45) is 0 Å². The monoisotopic (exact) mass is 305 g/mol. The Bertz CT molecular complexity index is 73.5. The Morgan fingerprint density at radius 2 is 1.33 bits per heavy atom. The van der Waals surface area contributed by atoms with Gasteiger partial charge in [-0.3, -0.25) is 8.19 Å². The van der Waals surface area contributed by atoms with E-state index in [9.17, 15) is 0 Å². The summed E-state index contributed by atoms with van der Waals surface area (Å²) in [5.74, 6) is 5.11. The first-order valence-corrected chi connectivity index (χ1v) is 2.57. The molecule has 0 aromatic carbocycles. The predicted molar refractivity (Wildman–Crippen MR) is 64.9 cm³/mol. The molecule has 0 radical (unpaired) electrons. The van der Waals surface area contributed by atoms with Crippen LogP contribution in [0, 0.1) is 35.5 Å². The van der Waals surface area contributed by atoms with Gasteiger partial charge in [0.05, 0.1) is 0 Å². The van der Waals surface area contributed by atoms with Crippen molar-refractivity contribution in [1.82, 2.24) is 0 Å². The minimum Gasteiger partial charge on any atom is -0.358 e. The molecule has 0 aliphatic rings. The summed E-state index contributed by atoms with van der Waals surface area (Å²) in [5.41, 5.74) is 0. The van der Waals surface area contributed by atoms with Gasteiger partial charge in [0.25, 0.3) is 0 Å². The topological polar surface area (TPSA) is 0 Å². The van der Waals surface area contributed by atoms with Crippen molar-refractivity contribution in [3.8, 4) is 0 Å². The van der Waals surface area contributed by atoms with Gasteiger partial charge in [0.1, 0.15) is 0 Å². The molecule has 0 fully saturated rings. The summed E-state index contributed by atoms with van der Waals surface area (Å²) in [6.07, 6.45) is 0. The quantitative estimate of drug-likeness (QED) is 0.631. The fourth-order valence-corrected chi connectivity index (χ4v) is 0.722. The van der Waals surface area contributed by atoms with Crippen molar-refractivity contribution in [2.75, 3.05) is 0 Å². The Morgan fingerprint density at radius 1 is 0.917 bits per heavy atom. The van der Waals surface area contributed by atoms with E-state index in [0.29, 0.717) is 0 Å². The van der Waals surface area contributed by atoms with Crippen LogP contribution in [0.25, 0.3) is 0 Å². The van der Waals surface area contributed by atoms with Crippen molar-refractivity contribution >= 4 is 33.0 Å². The van der Waals surface area contributed by atoms with Crippen molar-refractivity contribution < 1.29 is 26.2 Å². The molecule has 0 bridgehead atoms. The maximum absolute atomic E-state index is 3.01. The summed E-state index contributed by atoms with van der Waals surface area (Å²) in [5, 5.41) is 0. The second-order valence-electron chi connectivity index (χ2n) is 0.814. The molecule has 0 spiro atoms. The SMILES string of the molecule is Cl.Cl.[CH3-].[CH3-].[CH3-].[CH3-].[Zr].[c-]1ccc[pH]1. The molecule has 1 aromatic heterocycles. The smallest absolute Gasteiger partial charge is 0 e. The van der Waals surface area contributed by atoms with Gasteiger partial charge in [-0.1, -0.05) is 0 Å². The first kappa shape index (κ1) is 50.9. The van der Waals surface area contributed by atoms with E-state index in [1.54, 1.807) is 0 Å². The van der Waals surface area contributed by atoms with Crippen molar-refractivity contribution in [3.63, 3.8) is 0 Å². The minimum absolute atomic E-state index is 0. The molecule has 0 nitrogen and oxygen atoms in total. The summed E-state index contributed by atoms with van der Waals surface area (Å²) >= 11 is 0. The Morgan fingerprint density at radius 3 is 1.42 bits per heavy atom. The number of hydrogen-bond donors (Lipinski definition) is 0. The van der Waals surface area contributed by atoms with E-state index < -0.39 is 0 Å². The molecule has 0 saturated heterocycles. The summed E-state index contributed by atoms with van der Waals surface area (Å²) in [7, 11) is 0.823. The summed E-state index contributed by atoms with van der Waals surface area (Å²) in [4.78, 5) is 0. The van der Waals surface area contributed by atoms with Gasteiger partial charge in [-0.25, -0.2) is 6.07 Å². The fraction of sp³-hybridized carbons (Fsp3) is 0. The van der Waals surface area contributed by atoms with Crippen LogP contribution in [-0.2, 0) is 26.2 Å². The van der Waals surface area contributed by atoms with Gasteiger partial charge in [0.15, 0.2) is 0 Å². The van der Waals surface area contributed by atoms with E-state index in [1.807, 2.05) is 12.1 Å². The molecule has 12 heavy (non-hydrogen) atoms. The van der Waals surface area contributed by atoms with Crippen LogP contribution in [0.3, 0.4) is 0 Å². The third kappa shape index (κ3) is 30.3. The summed E-state index contributed by atoms with van der Waals surface area (Å²) in [6, 6.07) is 3.96. The molecular formula is C8H18Cl2PZr-5. The molecule has 0 aliphatic heterocycles. The first-order valence-electron chi connectivity index (χ1n) is 1.49.